The summed E-state index contributed by atoms with van der Waals surface area (Å²) in [6.45, 7) is 3.65. The molecule has 0 bridgehead atoms. The molecule has 0 aliphatic rings. The van der Waals surface area contributed by atoms with Crippen molar-refractivity contribution in [1.82, 2.24) is 5.32 Å². The van der Waals surface area contributed by atoms with E-state index >= 15 is 0 Å². The maximum absolute atomic E-state index is 12.1. The number of benzene rings is 1. The molecule has 5 nitrogen and oxygen atoms in total. The highest BCUT2D eigenvalue weighted by Gasteiger charge is 2.23. The van der Waals surface area contributed by atoms with E-state index in [1.54, 1.807) is 26.0 Å². The summed E-state index contributed by atoms with van der Waals surface area (Å²) in [5.41, 5.74) is 0.285. The summed E-state index contributed by atoms with van der Waals surface area (Å²) in [5, 5.41) is 12.1. The zero-order chi connectivity index (χ0) is 15.3. The molecule has 0 fully saturated rings. The fraction of sp³-hybridized carbons (Fsp3) is 0.429. The normalized spacial score (nSPS) is 12.1. The van der Waals surface area contributed by atoms with Crippen LogP contribution < -0.4 is 10.1 Å². The van der Waals surface area contributed by atoms with E-state index in [1.165, 1.54) is 13.2 Å². The maximum atomic E-state index is 12.1. The lowest BCUT2D eigenvalue weighted by Gasteiger charge is -2.17. The molecule has 0 aromatic heterocycles. The lowest BCUT2D eigenvalue weighted by molar-refractivity contribution is -0.142. The molecule has 1 atom stereocenters. The van der Waals surface area contributed by atoms with Gasteiger partial charge in [-0.15, -0.1) is 0 Å². The number of ether oxygens (including phenoxy) is 1. The van der Waals surface area contributed by atoms with Gasteiger partial charge in [-0.25, -0.2) is 0 Å². The number of halogens is 1. The molecule has 1 rings (SSSR count). The largest absolute Gasteiger partial charge is 0.496 e. The van der Waals surface area contributed by atoms with Gasteiger partial charge in [0.2, 0.25) is 0 Å². The first-order chi connectivity index (χ1) is 9.36. The lowest BCUT2D eigenvalue weighted by atomic mass is 9.96. The molecule has 6 heteroatoms. The third-order valence-corrected chi connectivity index (χ3v) is 3.25. The van der Waals surface area contributed by atoms with Crippen LogP contribution in [0.1, 0.15) is 24.2 Å². The molecule has 1 amide bonds. The number of rotatable bonds is 6. The topological polar surface area (TPSA) is 75.6 Å². The number of amides is 1. The molecule has 0 spiro atoms. The van der Waals surface area contributed by atoms with Gasteiger partial charge in [0.15, 0.2) is 0 Å². The average Bonchev–Trinajstić information content (AvgIpc) is 2.37. The second-order valence-electron chi connectivity index (χ2n) is 4.74. The Kier molecular flexibility index (Phi) is 5.82. The van der Waals surface area contributed by atoms with E-state index in [2.05, 4.69) is 5.32 Å². The summed E-state index contributed by atoms with van der Waals surface area (Å²) in [4.78, 5) is 23.2. The Hall–Kier alpha value is -1.75. The average molecular weight is 300 g/mol. The smallest absolute Gasteiger partial charge is 0.308 e. The fourth-order valence-electron chi connectivity index (χ4n) is 1.76. The van der Waals surface area contributed by atoms with Crippen molar-refractivity contribution in [3.8, 4) is 5.75 Å². The summed E-state index contributed by atoms with van der Waals surface area (Å²) in [6.07, 6.45) is 0. The second-order valence-corrected chi connectivity index (χ2v) is 5.18. The SMILES string of the molecule is COc1ccc(Cl)cc1C(=O)NCC(C(=O)O)C(C)C. The van der Waals surface area contributed by atoms with Crippen molar-refractivity contribution in [1.29, 1.82) is 0 Å². The van der Waals surface area contributed by atoms with Gasteiger partial charge in [0.25, 0.3) is 5.91 Å². The Morgan fingerprint density at radius 3 is 2.55 bits per heavy atom. The maximum Gasteiger partial charge on any atom is 0.308 e. The molecule has 1 aromatic carbocycles. The van der Waals surface area contributed by atoms with E-state index < -0.39 is 17.8 Å². The number of carbonyl (C=O) groups is 2. The molecule has 2 N–H and O–H groups in total. The molecular weight excluding hydrogens is 282 g/mol. The Labute approximate surface area is 122 Å². The van der Waals surface area contributed by atoms with Crippen molar-refractivity contribution in [3.63, 3.8) is 0 Å². The van der Waals surface area contributed by atoms with Crippen LogP contribution in [0.2, 0.25) is 5.02 Å². The van der Waals surface area contributed by atoms with Crippen molar-refractivity contribution in [2.75, 3.05) is 13.7 Å². The van der Waals surface area contributed by atoms with Crippen LogP contribution in [0.4, 0.5) is 0 Å². The van der Waals surface area contributed by atoms with Crippen LogP contribution >= 0.6 is 11.6 Å². The summed E-state index contributed by atoms with van der Waals surface area (Å²) in [7, 11) is 1.45. The zero-order valence-electron chi connectivity index (χ0n) is 11.6. The second kappa shape index (κ2) is 7.14. The van der Waals surface area contributed by atoms with Gasteiger partial charge in [-0.05, 0) is 24.1 Å². The Morgan fingerprint density at radius 1 is 1.40 bits per heavy atom. The summed E-state index contributed by atoms with van der Waals surface area (Å²) in [5.74, 6) is -1.66. The summed E-state index contributed by atoms with van der Waals surface area (Å²) < 4.78 is 5.09. The van der Waals surface area contributed by atoms with Gasteiger partial charge < -0.3 is 15.2 Å². The monoisotopic (exact) mass is 299 g/mol. The van der Waals surface area contributed by atoms with Crippen LogP contribution in [0.15, 0.2) is 18.2 Å². The van der Waals surface area contributed by atoms with Gasteiger partial charge in [-0.2, -0.15) is 0 Å². The van der Waals surface area contributed by atoms with Crippen LogP contribution in [0.5, 0.6) is 5.75 Å². The molecule has 0 saturated carbocycles. The predicted octanol–water partition coefficient (Wildman–Crippen LogP) is 2.44. The first kappa shape index (κ1) is 16.3. The number of carboxylic acid groups (broad SMARTS) is 1. The van der Waals surface area contributed by atoms with Crippen molar-refractivity contribution >= 4 is 23.5 Å². The molecule has 1 unspecified atom stereocenters. The highest BCUT2D eigenvalue weighted by atomic mass is 35.5. The number of aliphatic carboxylic acids is 1. The van der Waals surface area contributed by atoms with Gasteiger partial charge in [0, 0.05) is 11.6 Å². The minimum absolute atomic E-state index is 0.0570. The van der Waals surface area contributed by atoms with Crippen LogP contribution in [-0.4, -0.2) is 30.6 Å². The molecule has 0 heterocycles. The quantitative estimate of drug-likeness (QED) is 0.846. The minimum atomic E-state index is -0.932. The first-order valence-corrected chi connectivity index (χ1v) is 6.59. The van der Waals surface area contributed by atoms with Crippen LogP contribution in [0.25, 0.3) is 0 Å². The van der Waals surface area contributed by atoms with E-state index in [1.807, 2.05) is 0 Å². The molecule has 1 aromatic rings. The van der Waals surface area contributed by atoms with E-state index in [0.29, 0.717) is 10.8 Å². The first-order valence-electron chi connectivity index (χ1n) is 6.21. The number of carbonyl (C=O) groups excluding carboxylic acids is 1. The van der Waals surface area contributed by atoms with Gasteiger partial charge in [-0.1, -0.05) is 25.4 Å². The van der Waals surface area contributed by atoms with E-state index in [-0.39, 0.29) is 18.0 Å². The Bertz CT molecular complexity index is 502. The summed E-state index contributed by atoms with van der Waals surface area (Å²) in [6, 6.07) is 4.70. The fourth-order valence-corrected chi connectivity index (χ4v) is 1.94. The zero-order valence-corrected chi connectivity index (χ0v) is 12.4. The molecule has 0 radical (unpaired) electrons. The van der Waals surface area contributed by atoms with Crippen LogP contribution in [0.3, 0.4) is 0 Å². The van der Waals surface area contributed by atoms with Crippen molar-refractivity contribution in [3.05, 3.63) is 28.8 Å². The highest BCUT2D eigenvalue weighted by molar-refractivity contribution is 6.31. The van der Waals surface area contributed by atoms with E-state index in [4.69, 9.17) is 21.4 Å². The molecule has 0 aliphatic heterocycles. The Morgan fingerprint density at radius 2 is 2.05 bits per heavy atom. The van der Waals surface area contributed by atoms with E-state index in [0.717, 1.165) is 0 Å². The molecule has 20 heavy (non-hydrogen) atoms. The number of carboxylic acids is 1. The molecule has 110 valence electrons. The minimum Gasteiger partial charge on any atom is -0.496 e. The van der Waals surface area contributed by atoms with Gasteiger partial charge >= 0.3 is 5.97 Å². The number of methoxy groups -OCH3 is 1. The van der Waals surface area contributed by atoms with Crippen molar-refractivity contribution in [2.24, 2.45) is 11.8 Å². The lowest BCUT2D eigenvalue weighted by Crippen LogP contribution is -2.35. The van der Waals surface area contributed by atoms with Crippen LogP contribution in [0, 0.1) is 11.8 Å². The van der Waals surface area contributed by atoms with Gasteiger partial charge in [0.05, 0.1) is 18.6 Å². The molecular formula is C14H18ClNO4. The number of hydrogen-bond donors (Lipinski definition) is 2. The van der Waals surface area contributed by atoms with Gasteiger partial charge in [0.1, 0.15) is 5.75 Å². The molecule has 0 aliphatic carbocycles. The highest BCUT2D eigenvalue weighted by Crippen LogP contribution is 2.22. The van der Waals surface area contributed by atoms with Crippen molar-refractivity contribution < 1.29 is 19.4 Å². The van der Waals surface area contributed by atoms with Crippen molar-refractivity contribution in [2.45, 2.75) is 13.8 Å². The van der Waals surface area contributed by atoms with Crippen LogP contribution in [-0.2, 0) is 4.79 Å². The Balaban J connectivity index is 2.81. The van der Waals surface area contributed by atoms with E-state index in [9.17, 15) is 9.59 Å². The summed E-state index contributed by atoms with van der Waals surface area (Å²) >= 11 is 5.85. The third kappa shape index (κ3) is 4.13. The third-order valence-electron chi connectivity index (χ3n) is 3.01. The standard InChI is InChI=1S/C14H18ClNO4/c1-8(2)11(14(18)19)7-16-13(17)10-6-9(15)4-5-12(10)20-3/h4-6,8,11H,7H2,1-3H3,(H,16,17)(H,18,19). The predicted molar refractivity (Wildman–Crippen MR) is 76.3 cm³/mol. The molecule has 0 saturated heterocycles. The number of nitrogens with one attached hydrogen (secondary N) is 1. The van der Waals surface area contributed by atoms with Gasteiger partial charge in [-0.3, -0.25) is 9.59 Å². The number of hydrogen-bond acceptors (Lipinski definition) is 3.